The van der Waals surface area contributed by atoms with Crippen LogP contribution in [0.5, 0.6) is 0 Å². The first-order chi connectivity index (χ1) is 10.1. The number of aromatic carboxylic acids is 1. The maximum atomic E-state index is 12.1. The van der Waals surface area contributed by atoms with E-state index in [0.717, 1.165) is 25.7 Å². The molecular weight excluding hydrogens is 274 g/mol. The van der Waals surface area contributed by atoms with Crippen LogP contribution in [0.4, 0.5) is 0 Å². The monoisotopic (exact) mass is 295 g/mol. The standard InChI is InChI=1S/C13H21N5O3/c14-7-10-12(13(20)21)16-17-18(10)8-11(19)15-9-5-3-1-2-4-6-9/h9H,1-8,14H2,(H,15,19)(H,20,21). The molecule has 1 saturated carbocycles. The van der Waals surface area contributed by atoms with Crippen molar-refractivity contribution in [2.75, 3.05) is 0 Å². The van der Waals surface area contributed by atoms with Crippen LogP contribution in [0, 0.1) is 0 Å². The molecule has 4 N–H and O–H groups in total. The molecule has 1 heterocycles. The molecule has 0 bridgehead atoms. The van der Waals surface area contributed by atoms with Gasteiger partial charge in [0.1, 0.15) is 6.54 Å². The zero-order chi connectivity index (χ0) is 15.2. The summed E-state index contributed by atoms with van der Waals surface area (Å²) in [6, 6.07) is 0.198. The van der Waals surface area contributed by atoms with E-state index in [9.17, 15) is 9.59 Å². The van der Waals surface area contributed by atoms with Crippen molar-refractivity contribution in [1.29, 1.82) is 0 Å². The fourth-order valence-electron chi connectivity index (χ4n) is 2.66. The number of carboxylic acid groups (broad SMARTS) is 1. The minimum absolute atomic E-state index is 0.0225. The summed E-state index contributed by atoms with van der Waals surface area (Å²) in [6.07, 6.45) is 6.68. The van der Waals surface area contributed by atoms with Gasteiger partial charge in [-0.05, 0) is 12.8 Å². The Balaban J connectivity index is 1.97. The lowest BCUT2D eigenvalue weighted by Crippen LogP contribution is -2.37. The van der Waals surface area contributed by atoms with Gasteiger partial charge in [-0.1, -0.05) is 30.9 Å². The molecule has 1 amide bonds. The molecule has 116 valence electrons. The minimum atomic E-state index is -1.19. The van der Waals surface area contributed by atoms with Gasteiger partial charge in [0.2, 0.25) is 5.91 Å². The van der Waals surface area contributed by atoms with Crippen LogP contribution in [0.3, 0.4) is 0 Å². The number of hydrogen-bond donors (Lipinski definition) is 3. The van der Waals surface area contributed by atoms with Gasteiger partial charge in [-0.15, -0.1) is 5.10 Å². The summed E-state index contributed by atoms with van der Waals surface area (Å²) in [5.41, 5.74) is 5.59. The van der Waals surface area contributed by atoms with E-state index in [-0.39, 0.29) is 36.4 Å². The Morgan fingerprint density at radius 2 is 1.95 bits per heavy atom. The lowest BCUT2D eigenvalue weighted by Gasteiger charge is -2.16. The third-order valence-corrected chi connectivity index (χ3v) is 3.75. The summed E-state index contributed by atoms with van der Waals surface area (Å²) >= 11 is 0. The van der Waals surface area contributed by atoms with Gasteiger partial charge < -0.3 is 16.2 Å². The highest BCUT2D eigenvalue weighted by Gasteiger charge is 2.20. The number of aromatic nitrogens is 3. The van der Waals surface area contributed by atoms with E-state index in [2.05, 4.69) is 15.6 Å². The van der Waals surface area contributed by atoms with Crippen LogP contribution < -0.4 is 11.1 Å². The molecule has 21 heavy (non-hydrogen) atoms. The minimum Gasteiger partial charge on any atom is -0.476 e. The van der Waals surface area contributed by atoms with E-state index in [4.69, 9.17) is 10.8 Å². The number of nitrogens with one attached hydrogen (secondary N) is 1. The van der Waals surface area contributed by atoms with Crippen molar-refractivity contribution in [3.8, 4) is 0 Å². The van der Waals surface area contributed by atoms with Gasteiger partial charge in [-0.2, -0.15) is 0 Å². The molecular formula is C13H21N5O3. The third-order valence-electron chi connectivity index (χ3n) is 3.75. The van der Waals surface area contributed by atoms with E-state index in [1.54, 1.807) is 0 Å². The van der Waals surface area contributed by atoms with Crippen molar-refractivity contribution in [2.24, 2.45) is 5.73 Å². The highest BCUT2D eigenvalue weighted by Crippen LogP contribution is 2.17. The summed E-state index contributed by atoms with van der Waals surface area (Å²) in [7, 11) is 0. The molecule has 1 fully saturated rings. The predicted molar refractivity (Wildman–Crippen MR) is 74.5 cm³/mol. The van der Waals surface area contributed by atoms with Crippen LogP contribution in [-0.4, -0.2) is 38.0 Å². The number of amides is 1. The number of carbonyl (C=O) groups is 2. The quantitative estimate of drug-likeness (QED) is 0.670. The highest BCUT2D eigenvalue weighted by atomic mass is 16.4. The highest BCUT2D eigenvalue weighted by molar-refractivity contribution is 5.86. The Hall–Kier alpha value is -1.96. The zero-order valence-electron chi connectivity index (χ0n) is 11.9. The van der Waals surface area contributed by atoms with E-state index < -0.39 is 5.97 Å². The molecule has 0 aliphatic heterocycles. The van der Waals surface area contributed by atoms with Gasteiger partial charge in [-0.3, -0.25) is 4.79 Å². The van der Waals surface area contributed by atoms with Crippen LogP contribution in [0.1, 0.15) is 54.7 Å². The topological polar surface area (TPSA) is 123 Å². The molecule has 0 radical (unpaired) electrons. The van der Waals surface area contributed by atoms with E-state index in [1.165, 1.54) is 17.5 Å². The molecule has 0 unspecified atom stereocenters. The normalized spacial score (nSPS) is 16.4. The van der Waals surface area contributed by atoms with Crippen molar-refractivity contribution in [3.05, 3.63) is 11.4 Å². The van der Waals surface area contributed by atoms with Crippen LogP contribution in [0.2, 0.25) is 0 Å². The smallest absolute Gasteiger partial charge is 0.358 e. The Bertz CT molecular complexity index is 506. The molecule has 0 aromatic carbocycles. The fourth-order valence-corrected chi connectivity index (χ4v) is 2.66. The van der Waals surface area contributed by atoms with Crippen molar-refractivity contribution in [2.45, 2.75) is 57.7 Å². The van der Waals surface area contributed by atoms with Gasteiger partial charge >= 0.3 is 5.97 Å². The van der Waals surface area contributed by atoms with Gasteiger partial charge in [0.25, 0.3) is 0 Å². The number of nitrogens with two attached hydrogens (primary N) is 1. The summed E-state index contributed by atoms with van der Waals surface area (Å²) in [5, 5.41) is 19.2. The summed E-state index contributed by atoms with van der Waals surface area (Å²) < 4.78 is 1.26. The summed E-state index contributed by atoms with van der Waals surface area (Å²) in [4.78, 5) is 23.0. The maximum Gasteiger partial charge on any atom is 0.358 e. The Kier molecular flexibility index (Phi) is 5.26. The average Bonchev–Trinajstić information content (AvgIpc) is 2.66. The molecule has 0 saturated heterocycles. The van der Waals surface area contributed by atoms with Crippen LogP contribution in [0.15, 0.2) is 0 Å². The SMILES string of the molecule is NCc1c(C(=O)O)nnn1CC(=O)NC1CCCCCC1. The first-order valence-electron chi connectivity index (χ1n) is 7.27. The lowest BCUT2D eigenvalue weighted by atomic mass is 10.1. The van der Waals surface area contributed by atoms with Crippen molar-refractivity contribution in [3.63, 3.8) is 0 Å². The molecule has 0 atom stereocenters. The van der Waals surface area contributed by atoms with Gasteiger partial charge in [-0.25, -0.2) is 9.48 Å². The molecule has 8 nitrogen and oxygen atoms in total. The molecule has 1 aliphatic carbocycles. The van der Waals surface area contributed by atoms with Crippen LogP contribution >= 0.6 is 0 Å². The Labute approximate surface area is 122 Å². The van der Waals surface area contributed by atoms with E-state index in [1.807, 2.05) is 0 Å². The molecule has 0 spiro atoms. The second-order valence-electron chi connectivity index (χ2n) is 5.31. The van der Waals surface area contributed by atoms with Gasteiger partial charge in [0.05, 0.1) is 5.69 Å². The number of hydrogen-bond acceptors (Lipinski definition) is 5. The second kappa shape index (κ2) is 7.16. The molecule has 8 heteroatoms. The Morgan fingerprint density at radius 1 is 1.29 bits per heavy atom. The molecule has 1 aromatic rings. The number of carboxylic acids is 1. The predicted octanol–water partition coefficient (Wildman–Crippen LogP) is 0.274. The lowest BCUT2D eigenvalue weighted by molar-refractivity contribution is -0.122. The van der Waals surface area contributed by atoms with Gasteiger partial charge in [0.15, 0.2) is 5.69 Å². The third kappa shape index (κ3) is 4.01. The average molecular weight is 295 g/mol. The fraction of sp³-hybridized carbons (Fsp3) is 0.692. The van der Waals surface area contributed by atoms with Crippen molar-refractivity contribution in [1.82, 2.24) is 20.3 Å². The molecule has 1 aromatic heterocycles. The maximum absolute atomic E-state index is 12.1. The van der Waals surface area contributed by atoms with Crippen molar-refractivity contribution < 1.29 is 14.7 Å². The summed E-state index contributed by atoms with van der Waals surface area (Å²) in [6.45, 7) is -0.0747. The van der Waals surface area contributed by atoms with Gasteiger partial charge in [0, 0.05) is 12.6 Å². The first kappa shape index (κ1) is 15.4. The Morgan fingerprint density at radius 3 is 2.52 bits per heavy atom. The number of carbonyl (C=O) groups excluding carboxylic acids is 1. The molecule has 1 aliphatic rings. The number of nitrogens with zero attached hydrogens (tertiary/aromatic N) is 3. The van der Waals surface area contributed by atoms with Crippen LogP contribution in [0.25, 0.3) is 0 Å². The largest absolute Gasteiger partial charge is 0.476 e. The molecule has 2 rings (SSSR count). The second-order valence-corrected chi connectivity index (χ2v) is 5.31. The zero-order valence-corrected chi connectivity index (χ0v) is 11.9. The van der Waals surface area contributed by atoms with E-state index in [0.29, 0.717) is 0 Å². The summed E-state index contributed by atoms with van der Waals surface area (Å²) in [5.74, 6) is -1.37. The van der Waals surface area contributed by atoms with E-state index >= 15 is 0 Å². The van der Waals surface area contributed by atoms with Crippen molar-refractivity contribution >= 4 is 11.9 Å². The number of rotatable bonds is 5. The van der Waals surface area contributed by atoms with Crippen LogP contribution in [-0.2, 0) is 17.9 Å². The first-order valence-corrected chi connectivity index (χ1v) is 7.27.